The van der Waals surface area contributed by atoms with Crippen LogP contribution < -0.4 is 5.32 Å². The smallest absolute Gasteiger partial charge is 0.234 e. The second-order valence-corrected chi connectivity index (χ2v) is 6.77. The minimum absolute atomic E-state index is 0.0101. The van der Waals surface area contributed by atoms with Gasteiger partial charge in [0.2, 0.25) is 11.8 Å². The Bertz CT molecular complexity index is 649. The standard InChI is InChI=1S/C17H20N2O2S/c1-12-6-8-13(9-7-12)22-11-10-16(20)18-17-14-4-2-3-5-15(14)19-21-17/h6-9H,2-5,10-11H2,1H3,(H,18,20). The molecule has 3 rings (SSSR count). The Morgan fingerprint density at radius 1 is 1.27 bits per heavy atom. The third kappa shape index (κ3) is 3.71. The molecule has 2 aromatic rings. The van der Waals surface area contributed by atoms with E-state index >= 15 is 0 Å². The molecule has 5 heteroatoms. The van der Waals surface area contributed by atoms with Crippen LogP contribution in [0.25, 0.3) is 0 Å². The Morgan fingerprint density at radius 3 is 2.86 bits per heavy atom. The Labute approximate surface area is 134 Å². The van der Waals surface area contributed by atoms with E-state index in [0.717, 1.165) is 42.7 Å². The fourth-order valence-corrected chi connectivity index (χ4v) is 3.43. The summed E-state index contributed by atoms with van der Waals surface area (Å²) in [5, 5.41) is 6.91. The summed E-state index contributed by atoms with van der Waals surface area (Å²) in [6.45, 7) is 2.07. The summed E-state index contributed by atoms with van der Waals surface area (Å²) >= 11 is 1.69. The predicted molar refractivity (Wildman–Crippen MR) is 88.3 cm³/mol. The Balaban J connectivity index is 1.48. The molecule has 1 heterocycles. The van der Waals surface area contributed by atoms with Crippen molar-refractivity contribution in [3.8, 4) is 0 Å². The van der Waals surface area contributed by atoms with Crippen molar-refractivity contribution in [3.63, 3.8) is 0 Å². The first-order chi connectivity index (χ1) is 10.7. The lowest BCUT2D eigenvalue weighted by atomic mass is 9.98. The number of carbonyl (C=O) groups is 1. The van der Waals surface area contributed by atoms with Gasteiger partial charge in [0.15, 0.2) is 0 Å². The Morgan fingerprint density at radius 2 is 2.05 bits per heavy atom. The Hall–Kier alpha value is -1.75. The zero-order valence-corrected chi connectivity index (χ0v) is 13.5. The third-order valence-corrected chi connectivity index (χ3v) is 4.85. The number of hydrogen-bond donors (Lipinski definition) is 1. The van der Waals surface area contributed by atoms with Crippen LogP contribution >= 0.6 is 11.8 Å². The highest BCUT2D eigenvalue weighted by Crippen LogP contribution is 2.27. The molecule has 0 spiro atoms. The first kappa shape index (κ1) is 15.2. The van der Waals surface area contributed by atoms with Crippen molar-refractivity contribution < 1.29 is 9.32 Å². The minimum atomic E-state index is -0.0101. The molecule has 1 amide bonds. The number of nitrogens with zero attached hydrogens (tertiary/aromatic N) is 1. The van der Waals surface area contributed by atoms with Crippen molar-refractivity contribution in [1.29, 1.82) is 0 Å². The highest BCUT2D eigenvalue weighted by atomic mass is 32.2. The van der Waals surface area contributed by atoms with Gasteiger partial charge in [-0.15, -0.1) is 11.8 Å². The number of rotatable bonds is 5. The van der Waals surface area contributed by atoms with E-state index in [2.05, 4.69) is 41.7 Å². The molecule has 0 unspecified atom stereocenters. The fraction of sp³-hybridized carbons (Fsp3) is 0.412. The zero-order valence-electron chi connectivity index (χ0n) is 12.7. The second-order valence-electron chi connectivity index (χ2n) is 5.60. The van der Waals surface area contributed by atoms with E-state index in [0.29, 0.717) is 12.3 Å². The molecule has 0 atom stereocenters. The third-order valence-electron chi connectivity index (χ3n) is 3.83. The molecular weight excluding hydrogens is 296 g/mol. The maximum atomic E-state index is 12.0. The number of hydrogen-bond acceptors (Lipinski definition) is 4. The van der Waals surface area contributed by atoms with Crippen LogP contribution in [0, 0.1) is 6.92 Å². The number of nitrogens with one attached hydrogen (secondary N) is 1. The van der Waals surface area contributed by atoms with Crippen LogP contribution in [0.4, 0.5) is 5.88 Å². The molecule has 1 N–H and O–H groups in total. The highest BCUT2D eigenvalue weighted by Gasteiger charge is 2.20. The van der Waals surface area contributed by atoms with Gasteiger partial charge >= 0.3 is 0 Å². The minimum Gasteiger partial charge on any atom is -0.338 e. The van der Waals surface area contributed by atoms with Gasteiger partial charge in [-0.05, 0) is 44.7 Å². The monoisotopic (exact) mass is 316 g/mol. The summed E-state index contributed by atoms with van der Waals surface area (Å²) in [5.41, 5.74) is 3.35. The molecule has 4 nitrogen and oxygen atoms in total. The van der Waals surface area contributed by atoms with Crippen molar-refractivity contribution in [2.24, 2.45) is 0 Å². The molecule has 0 saturated heterocycles. The van der Waals surface area contributed by atoms with Gasteiger partial charge in [0.05, 0.1) is 5.69 Å². The molecule has 1 aromatic heterocycles. The first-order valence-corrected chi connectivity index (χ1v) is 8.67. The number of benzene rings is 1. The van der Waals surface area contributed by atoms with Crippen LogP contribution in [-0.4, -0.2) is 16.8 Å². The van der Waals surface area contributed by atoms with E-state index in [1.165, 1.54) is 10.5 Å². The fourth-order valence-electron chi connectivity index (χ4n) is 2.57. The number of aryl methyl sites for hydroxylation is 2. The lowest BCUT2D eigenvalue weighted by Crippen LogP contribution is -2.13. The van der Waals surface area contributed by atoms with Crippen molar-refractivity contribution in [1.82, 2.24) is 5.16 Å². The largest absolute Gasteiger partial charge is 0.338 e. The summed E-state index contributed by atoms with van der Waals surface area (Å²) in [4.78, 5) is 13.2. The predicted octanol–water partition coefficient (Wildman–Crippen LogP) is 3.98. The molecule has 1 aliphatic carbocycles. The van der Waals surface area contributed by atoms with Crippen molar-refractivity contribution in [3.05, 3.63) is 41.1 Å². The summed E-state index contributed by atoms with van der Waals surface area (Å²) < 4.78 is 5.28. The summed E-state index contributed by atoms with van der Waals surface area (Å²) in [6.07, 6.45) is 4.67. The second kappa shape index (κ2) is 7.01. The van der Waals surface area contributed by atoms with Gasteiger partial charge in [-0.25, -0.2) is 0 Å². The molecule has 22 heavy (non-hydrogen) atoms. The van der Waals surface area contributed by atoms with Crippen LogP contribution in [0.5, 0.6) is 0 Å². The topological polar surface area (TPSA) is 55.1 Å². The highest BCUT2D eigenvalue weighted by molar-refractivity contribution is 7.99. The molecule has 1 aliphatic rings. The summed E-state index contributed by atoms with van der Waals surface area (Å²) in [7, 11) is 0. The molecule has 1 aromatic carbocycles. The van der Waals surface area contributed by atoms with Crippen molar-refractivity contribution in [2.45, 2.75) is 43.9 Å². The van der Waals surface area contributed by atoms with E-state index in [4.69, 9.17) is 4.52 Å². The van der Waals surface area contributed by atoms with Gasteiger partial charge in [-0.3, -0.25) is 10.1 Å². The maximum absolute atomic E-state index is 12.0. The molecular formula is C17H20N2O2S. The average Bonchev–Trinajstić information content (AvgIpc) is 2.93. The summed E-state index contributed by atoms with van der Waals surface area (Å²) in [6, 6.07) is 8.35. The van der Waals surface area contributed by atoms with Gasteiger partial charge in [0.1, 0.15) is 0 Å². The number of aromatic nitrogens is 1. The van der Waals surface area contributed by atoms with E-state index in [1.807, 2.05) is 0 Å². The van der Waals surface area contributed by atoms with Gasteiger partial charge < -0.3 is 4.52 Å². The van der Waals surface area contributed by atoms with Gasteiger partial charge in [0.25, 0.3) is 0 Å². The molecule has 0 aliphatic heterocycles. The zero-order chi connectivity index (χ0) is 15.4. The normalized spacial score (nSPS) is 13.7. The van der Waals surface area contributed by atoms with Gasteiger partial charge in [-0.1, -0.05) is 22.9 Å². The number of anilines is 1. The van der Waals surface area contributed by atoms with Crippen LogP contribution in [-0.2, 0) is 17.6 Å². The van der Waals surface area contributed by atoms with Crippen LogP contribution in [0.15, 0.2) is 33.7 Å². The molecule has 0 saturated carbocycles. The lowest BCUT2D eigenvalue weighted by Gasteiger charge is -2.09. The lowest BCUT2D eigenvalue weighted by molar-refractivity contribution is -0.115. The van der Waals surface area contributed by atoms with Gasteiger partial charge in [-0.2, -0.15) is 0 Å². The van der Waals surface area contributed by atoms with Crippen LogP contribution in [0.3, 0.4) is 0 Å². The first-order valence-electron chi connectivity index (χ1n) is 7.69. The number of thioether (sulfide) groups is 1. The van der Waals surface area contributed by atoms with E-state index < -0.39 is 0 Å². The SMILES string of the molecule is Cc1ccc(SCCC(=O)Nc2onc3c2CCCC3)cc1. The van der Waals surface area contributed by atoms with Crippen molar-refractivity contribution >= 4 is 23.6 Å². The average molecular weight is 316 g/mol. The maximum Gasteiger partial charge on any atom is 0.234 e. The number of amides is 1. The summed E-state index contributed by atoms with van der Waals surface area (Å²) in [5.74, 6) is 1.30. The molecule has 0 bridgehead atoms. The number of fused-ring (bicyclic) bond motifs is 1. The van der Waals surface area contributed by atoms with Gasteiger partial charge in [0, 0.05) is 22.6 Å². The molecule has 0 fully saturated rings. The van der Waals surface area contributed by atoms with Crippen LogP contribution in [0.1, 0.15) is 36.1 Å². The molecule has 116 valence electrons. The van der Waals surface area contributed by atoms with Crippen molar-refractivity contribution in [2.75, 3.05) is 11.1 Å². The molecule has 0 radical (unpaired) electrons. The van der Waals surface area contributed by atoms with E-state index in [1.54, 1.807) is 11.8 Å². The van der Waals surface area contributed by atoms with E-state index in [-0.39, 0.29) is 5.91 Å². The quantitative estimate of drug-likeness (QED) is 0.848. The van der Waals surface area contributed by atoms with E-state index in [9.17, 15) is 4.79 Å². The Kier molecular flexibility index (Phi) is 4.83. The number of carbonyl (C=O) groups excluding carboxylic acids is 1. The van der Waals surface area contributed by atoms with Crippen LogP contribution in [0.2, 0.25) is 0 Å².